The van der Waals surface area contributed by atoms with E-state index in [0.717, 1.165) is 37.7 Å². The Morgan fingerprint density at radius 1 is 1.18 bits per heavy atom. The molecule has 212 valence electrons. The van der Waals surface area contributed by atoms with Crippen LogP contribution in [0.15, 0.2) is 29.9 Å². The number of Topliss-reactive ketones (excluding diaryl/α,β-unsaturated/α-hetero) is 1. The van der Waals surface area contributed by atoms with E-state index in [1.807, 2.05) is 17.7 Å². The molecular formula is C31H42N2O6. The number of rotatable bonds is 4. The van der Waals surface area contributed by atoms with Gasteiger partial charge in [-0.3, -0.25) is 4.79 Å². The molecule has 0 aromatic carbocycles. The van der Waals surface area contributed by atoms with Gasteiger partial charge in [0, 0.05) is 25.2 Å². The number of carbonyl (C=O) groups excluding carboxylic acids is 2. The minimum absolute atomic E-state index is 0.0863. The Balaban J connectivity index is 1.15. The van der Waals surface area contributed by atoms with E-state index in [4.69, 9.17) is 9.47 Å². The summed E-state index contributed by atoms with van der Waals surface area (Å²) in [5, 5.41) is 21.3. The summed E-state index contributed by atoms with van der Waals surface area (Å²) < 4.78 is 14.2. The maximum Gasteiger partial charge on any atom is 0.336 e. The number of imidazole rings is 1. The molecule has 1 saturated heterocycles. The Bertz CT molecular complexity index is 1230. The fourth-order valence-electron chi connectivity index (χ4n) is 10.8. The average Bonchev–Trinajstić information content (AvgIpc) is 3.21. The number of fused-ring (bicyclic) bond motifs is 4. The fourth-order valence-corrected chi connectivity index (χ4v) is 10.8. The Morgan fingerprint density at radius 2 is 1.97 bits per heavy atom. The number of ketones is 1. The standard InChI is InChI=1S/C31H42N2O6/c1-16-11-24(38-28(37)19(16)14-34)17(2)20-5-6-21-18-12-26-31(39-26)27(36)23(33-10-9-32-15-33)13-25(35)30(31,4)22(18)7-8-29(20,21)3/h9-10,15,17-18,20-24,26-27,34,36H,5-8,11-14H2,1-4H3/t17-,18-,20+,21-,22-,23-,24+,26+,27-,29+,30-,31-/m0/s1. The summed E-state index contributed by atoms with van der Waals surface area (Å²) in [6.45, 7) is 8.46. The molecule has 5 fully saturated rings. The van der Waals surface area contributed by atoms with E-state index in [1.54, 1.807) is 12.5 Å². The van der Waals surface area contributed by atoms with Gasteiger partial charge >= 0.3 is 5.97 Å². The monoisotopic (exact) mass is 538 g/mol. The lowest BCUT2D eigenvalue weighted by molar-refractivity contribution is -0.171. The van der Waals surface area contributed by atoms with Crippen LogP contribution in [0.2, 0.25) is 0 Å². The van der Waals surface area contributed by atoms with Crippen LogP contribution < -0.4 is 0 Å². The van der Waals surface area contributed by atoms with E-state index < -0.39 is 17.1 Å². The van der Waals surface area contributed by atoms with E-state index in [9.17, 15) is 19.8 Å². The second-order valence-electron chi connectivity index (χ2n) is 14.0. The number of aliphatic hydroxyl groups is 2. The van der Waals surface area contributed by atoms with E-state index in [-0.39, 0.29) is 53.9 Å². The third kappa shape index (κ3) is 3.20. The van der Waals surface area contributed by atoms with E-state index in [0.29, 0.717) is 36.2 Å². The minimum atomic E-state index is -0.790. The number of nitrogens with zero attached hydrogens (tertiary/aromatic N) is 2. The SMILES string of the molecule is CC1=C(CO)C(=O)O[C@@H]([C@@H](C)[C@H]2CC[C@H]3[C@@H]4C[C@H]5O[C@]56[C@@H](O)[C@@H](n5ccnc5)CC(=O)[C@]6(C)[C@H]4CC[C@]23C)C1. The zero-order chi connectivity index (χ0) is 27.5. The van der Waals surface area contributed by atoms with Crippen molar-refractivity contribution in [2.24, 2.45) is 40.4 Å². The molecule has 1 aromatic rings. The lowest BCUT2D eigenvalue weighted by atomic mass is 9.43. The predicted octanol–water partition coefficient (Wildman–Crippen LogP) is 3.62. The van der Waals surface area contributed by atoms with Crippen LogP contribution in [-0.4, -0.2) is 62.0 Å². The lowest BCUT2D eigenvalue weighted by Gasteiger charge is -2.59. The topological polar surface area (TPSA) is 114 Å². The zero-order valence-electron chi connectivity index (χ0n) is 23.5. The van der Waals surface area contributed by atoms with Crippen LogP contribution in [0.1, 0.15) is 78.7 Å². The van der Waals surface area contributed by atoms with Crippen molar-refractivity contribution < 1.29 is 29.3 Å². The molecule has 12 atom stereocenters. The Kier molecular flexibility index (Phi) is 5.64. The van der Waals surface area contributed by atoms with Crippen LogP contribution >= 0.6 is 0 Å². The van der Waals surface area contributed by atoms with Crippen molar-refractivity contribution in [2.45, 2.75) is 103 Å². The van der Waals surface area contributed by atoms with Crippen LogP contribution in [0, 0.1) is 40.4 Å². The molecule has 0 radical (unpaired) electrons. The lowest BCUT2D eigenvalue weighted by Crippen LogP contribution is -2.66. The second-order valence-corrected chi connectivity index (χ2v) is 14.0. The first kappa shape index (κ1) is 25.9. The van der Waals surface area contributed by atoms with Gasteiger partial charge in [-0.25, -0.2) is 9.78 Å². The van der Waals surface area contributed by atoms with Gasteiger partial charge in [0.15, 0.2) is 0 Å². The van der Waals surface area contributed by atoms with Crippen molar-refractivity contribution in [1.82, 2.24) is 9.55 Å². The predicted molar refractivity (Wildman–Crippen MR) is 141 cm³/mol. The van der Waals surface area contributed by atoms with Crippen molar-refractivity contribution in [3.63, 3.8) is 0 Å². The molecule has 8 heteroatoms. The highest BCUT2D eigenvalue weighted by Crippen LogP contribution is 2.74. The van der Waals surface area contributed by atoms with Crippen molar-refractivity contribution in [3.05, 3.63) is 29.9 Å². The molecular weight excluding hydrogens is 496 g/mol. The van der Waals surface area contributed by atoms with Gasteiger partial charge in [-0.15, -0.1) is 0 Å². The molecule has 8 nitrogen and oxygen atoms in total. The number of esters is 1. The summed E-state index contributed by atoms with van der Waals surface area (Å²) in [4.78, 5) is 30.8. The number of cyclic esters (lactones) is 1. The molecule has 2 N–H and O–H groups in total. The molecule has 1 spiro atoms. The van der Waals surface area contributed by atoms with Crippen molar-refractivity contribution in [1.29, 1.82) is 0 Å². The number of ether oxygens (including phenoxy) is 2. The highest BCUT2D eigenvalue weighted by Gasteiger charge is 2.82. The molecule has 39 heavy (non-hydrogen) atoms. The van der Waals surface area contributed by atoms with Gasteiger partial charge in [0.25, 0.3) is 0 Å². The van der Waals surface area contributed by atoms with Crippen molar-refractivity contribution in [2.75, 3.05) is 6.61 Å². The summed E-state index contributed by atoms with van der Waals surface area (Å²) >= 11 is 0. The maximum atomic E-state index is 14.1. The summed E-state index contributed by atoms with van der Waals surface area (Å²) in [7, 11) is 0. The van der Waals surface area contributed by atoms with Crippen LogP contribution in [0.3, 0.4) is 0 Å². The Hall–Kier alpha value is -2.03. The third-order valence-electron chi connectivity index (χ3n) is 12.9. The maximum absolute atomic E-state index is 14.1. The highest BCUT2D eigenvalue weighted by molar-refractivity contribution is 5.90. The smallest absolute Gasteiger partial charge is 0.336 e. The molecule has 2 aliphatic heterocycles. The number of hydrogen-bond acceptors (Lipinski definition) is 7. The van der Waals surface area contributed by atoms with E-state index in [2.05, 4.69) is 25.8 Å². The molecule has 0 unspecified atom stereocenters. The minimum Gasteiger partial charge on any atom is -0.458 e. The summed E-state index contributed by atoms with van der Waals surface area (Å²) in [6.07, 6.45) is 10.4. The van der Waals surface area contributed by atoms with E-state index >= 15 is 0 Å². The van der Waals surface area contributed by atoms with Gasteiger partial charge in [-0.1, -0.05) is 19.4 Å². The number of carbonyl (C=O) groups is 2. The van der Waals surface area contributed by atoms with Crippen molar-refractivity contribution >= 4 is 11.8 Å². The molecule has 7 rings (SSSR count). The number of aromatic nitrogens is 2. The Morgan fingerprint density at radius 3 is 2.67 bits per heavy atom. The molecule has 4 saturated carbocycles. The first-order chi connectivity index (χ1) is 18.6. The fraction of sp³-hybridized carbons (Fsp3) is 0.774. The zero-order valence-corrected chi connectivity index (χ0v) is 23.5. The van der Waals surface area contributed by atoms with Gasteiger partial charge in [0.2, 0.25) is 0 Å². The van der Waals surface area contributed by atoms with Crippen LogP contribution in [0.4, 0.5) is 0 Å². The number of epoxide rings is 1. The van der Waals surface area contributed by atoms with E-state index in [1.165, 1.54) is 0 Å². The van der Waals surface area contributed by atoms with Crippen LogP contribution in [-0.2, 0) is 19.1 Å². The van der Waals surface area contributed by atoms with Crippen molar-refractivity contribution in [3.8, 4) is 0 Å². The largest absolute Gasteiger partial charge is 0.458 e. The number of hydrogen-bond donors (Lipinski definition) is 2. The quantitative estimate of drug-likeness (QED) is 0.445. The summed E-state index contributed by atoms with van der Waals surface area (Å²) in [6, 6.07) is -0.331. The molecule has 0 amide bonds. The van der Waals surface area contributed by atoms with Crippen LogP contribution in [0.5, 0.6) is 0 Å². The highest BCUT2D eigenvalue weighted by atomic mass is 16.6. The average molecular weight is 539 g/mol. The molecule has 6 aliphatic rings. The van der Waals surface area contributed by atoms with Gasteiger partial charge in [0.1, 0.15) is 23.6 Å². The molecule has 1 aromatic heterocycles. The summed E-state index contributed by atoms with van der Waals surface area (Å²) in [5.74, 6) is 1.60. The Labute approximate surface area is 230 Å². The first-order valence-electron chi connectivity index (χ1n) is 14.9. The second kappa shape index (κ2) is 8.49. The summed E-state index contributed by atoms with van der Waals surface area (Å²) in [5.41, 5.74) is 0.00121. The van der Waals surface area contributed by atoms with Gasteiger partial charge in [0.05, 0.1) is 36.1 Å². The molecule has 0 bridgehead atoms. The van der Waals surface area contributed by atoms with Gasteiger partial charge < -0.3 is 24.3 Å². The first-order valence-corrected chi connectivity index (χ1v) is 14.9. The molecule has 4 aliphatic carbocycles. The normalized spacial score (nSPS) is 49.5. The third-order valence-corrected chi connectivity index (χ3v) is 12.9. The van der Waals surface area contributed by atoms with Crippen LogP contribution in [0.25, 0.3) is 0 Å². The van der Waals surface area contributed by atoms with Gasteiger partial charge in [-0.2, -0.15) is 0 Å². The van der Waals surface area contributed by atoms with Gasteiger partial charge in [-0.05, 0) is 81.0 Å². The molecule has 3 heterocycles. The number of aliphatic hydroxyl groups excluding tert-OH is 2.